The Balaban J connectivity index is 2.98. The second-order valence-electron chi connectivity index (χ2n) is 3.26. The molecule has 0 spiro atoms. The summed E-state index contributed by atoms with van der Waals surface area (Å²) in [6.07, 6.45) is 2.80. The molecule has 0 bridgehead atoms. The molecular formula is C13H14O. The molecule has 0 amide bonds. The highest BCUT2D eigenvalue weighted by Gasteiger charge is 1.97. The third-order valence-corrected chi connectivity index (χ3v) is 1.93. The number of hydrogen-bond donors (Lipinski definition) is 0. The topological polar surface area (TPSA) is 17.1 Å². The number of benzene rings is 1. The molecule has 0 aromatic heterocycles. The fourth-order valence-electron chi connectivity index (χ4n) is 1.18. The van der Waals surface area contributed by atoms with Crippen molar-refractivity contribution in [2.75, 3.05) is 0 Å². The maximum Gasteiger partial charge on any atom is 0.151 e. The van der Waals surface area contributed by atoms with Crippen molar-refractivity contribution in [1.82, 2.24) is 0 Å². The fraction of sp³-hybridized carbons (Fsp3) is 0.308. The van der Waals surface area contributed by atoms with Gasteiger partial charge in [0.25, 0.3) is 0 Å². The van der Waals surface area contributed by atoms with Gasteiger partial charge in [0.15, 0.2) is 6.29 Å². The first-order valence-corrected chi connectivity index (χ1v) is 4.82. The lowest BCUT2D eigenvalue weighted by Crippen LogP contribution is -1.88. The van der Waals surface area contributed by atoms with Crippen LogP contribution in [0.25, 0.3) is 0 Å². The average Bonchev–Trinajstić information content (AvgIpc) is 2.20. The number of hydrogen-bond acceptors (Lipinski definition) is 1. The third kappa shape index (κ3) is 2.74. The van der Waals surface area contributed by atoms with Crippen molar-refractivity contribution in [3.8, 4) is 11.8 Å². The van der Waals surface area contributed by atoms with Crippen molar-refractivity contribution >= 4 is 6.29 Å². The average molecular weight is 186 g/mol. The van der Waals surface area contributed by atoms with Gasteiger partial charge in [-0.3, -0.25) is 4.79 Å². The first-order chi connectivity index (χ1) is 6.77. The summed E-state index contributed by atoms with van der Waals surface area (Å²) in [4.78, 5) is 10.7. The van der Waals surface area contributed by atoms with Gasteiger partial charge >= 0.3 is 0 Å². The van der Waals surface area contributed by atoms with E-state index in [1.54, 1.807) is 0 Å². The summed E-state index contributed by atoms with van der Waals surface area (Å²) in [7, 11) is 0. The molecule has 0 aliphatic carbocycles. The predicted octanol–water partition coefficient (Wildman–Crippen LogP) is 2.96. The zero-order chi connectivity index (χ0) is 10.4. The summed E-state index contributed by atoms with van der Waals surface area (Å²) >= 11 is 0. The van der Waals surface area contributed by atoms with Gasteiger partial charge in [-0.2, -0.15) is 0 Å². The Kier molecular flexibility index (Phi) is 3.94. The van der Waals surface area contributed by atoms with Crippen LogP contribution in [-0.2, 0) is 0 Å². The minimum Gasteiger partial charge on any atom is -0.298 e. The molecule has 0 atom stereocenters. The first-order valence-electron chi connectivity index (χ1n) is 4.82. The summed E-state index contributed by atoms with van der Waals surface area (Å²) in [6.45, 7) is 4.06. The Hall–Kier alpha value is -1.55. The van der Waals surface area contributed by atoms with Crippen molar-refractivity contribution in [3.63, 3.8) is 0 Å². The van der Waals surface area contributed by atoms with Crippen LogP contribution in [0.5, 0.6) is 0 Å². The molecule has 0 saturated carbocycles. The minimum absolute atomic E-state index is 0.689. The normalized spacial score (nSPS) is 9.00. The van der Waals surface area contributed by atoms with Crippen LogP contribution in [0.4, 0.5) is 0 Å². The smallest absolute Gasteiger partial charge is 0.151 e. The van der Waals surface area contributed by atoms with E-state index in [9.17, 15) is 4.79 Å². The van der Waals surface area contributed by atoms with Crippen molar-refractivity contribution < 1.29 is 4.79 Å². The molecular weight excluding hydrogens is 172 g/mol. The van der Waals surface area contributed by atoms with E-state index in [1.165, 1.54) is 0 Å². The summed E-state index contributed by atoms with van der Waals surface area (Å²) in [5.41, 5.74) is 2.61. The van der Waals surface area contributed by atoms with E-state index in [2.05, 4.69) is 18.8 Å². The minimum atomic E-state index is 0.689. The van der Waals surface area contributed by atoms with Gasteiger partial charge in [-0.05, 0) is 25.5 Å². The van der Waals surface area contributed by atoms with Crippen LogP contribution in [0, 0.1) is 18.8 Å². The van der Waals surface area contributed by atoms with Gasteiger partial charge in [0.05, 0.1) is 0 Å². The van der Waals surface area contributed by atoms with Gasteiger partial charge in [0, 0.05) is 17.5 Å². The predicted molar refractivity (Wildman–Crippen MR) is 58.4 cm³/mol. The molecule has 0 fully saturated rings. The molecule has 0 saturated heterocycles. The van der Waals surface area contributed by atoms with E-state index < -0.39 is 0 Å². The van der Waals surface area contributed by atoms with E-state index in [-0.39, 0.29) is 0 Å². The molecule has 14 heavy (non-hydrogen) atoms. The molecule has 72 valence electrons. The van der Waals surface area contributed by atoms with Gasteiger partial charge in [0.2, 0.25) is 0 Å². The first kappa shape index (κ1) is 10.5. The molecule has 0 heterocycles. The van der Waals surface area contributed by atoms with Crippen molar-refractivity contribution in [2.45, 2.75) is 26.7 Å². The molecule has 0 radical (unpaired) electrons. The lowest BCUT2D eigenvalue weighted by Gasteiger charge is -1.97. The van der Waals surface area contributed by atoms with Gasteiger partial charge in [-0.25, -0.2) is 0 Å². The molecule has 0 aliphatic heterocycles. The monoisotopic (exact) mass is 186 g/mol. The number of aryl methyl sites for hydroxylation is 1. The summed E-state index contributed by atoms with van der Waals surface area (Å²) < 4.78 is 0. The van der Waals surface area contributed by atoms with Gasteiger partial charge < -0.3 is 0 Å². The second-order valence-corrected chi connectivity index (χ2v) is 3.26. The molecule has 0 N–H and O–H groups in total. The largest absolute Gasteiger partial charge is 0.298 e. The molecule has 0 unspecified atom stereocenters. The number of unbranched alkanes of at least 4 members (excludes halogenated alkanes) is 1. The molecule has 1 rings (SSSR count). The molecule has 1 aromatic carbocycles. The Morgan fingerprint density at radius 3 is 2.86 bits per heavy atom. The number of carbonyl (C=O) groups is 1. The Labute approximate surface area is 85.1 Å². The van der Waals surface area contributed by atoms with Crippen LogP contribution in [0.3, 0.4) is 0 Å². The van der Waals surface area contributed by atoms with Crippen molar-refractivity contribution in [2.24, 2.45) is 0 Å². The van der Waals surface area contributed by atoms with E-state index in [0.29, 0.717) is 5.56 Å². The van der Waals surface area contributed by atoms with E-state index in [4.69, 9.17) is 0 Å². The SMILES string of the molecule is CCCC#Cc1ccc(C)cc1C=O. The lowest BCUT2D eigenvalue weighted by atomic mass is 10.1. The van der Waals surface area contributed by atoms with Crippen LogP contribution in [0.15, 0.2) is 18.2 Å². The standard InChI is InChI=1S/C13H14O/c1-3-4-5-6-12-8-7-11(2)9-13(12)10-14/h7-10H,3-4H2,1-2H3. The molecule has 1 aromatic rings. The Morgan fingerprint density at radius 2 is 2.21 bits per heavy atom. The van der Waals surface area contributed by atoms with Crippen LogP contribution >= 0.6 is 0 Å². The lowest BCUT2D eigenvalue weighted by molar-refractivity contribution is 0.112. The Morgan fingerprint density at radius 1 is 1.43 bits per heavy atom. The highest BCUT2D eigenvalue weighted by atomic mass is 16.1. The number of carbonyl (C=O) groups excluding carboxylic acids is 1. The van der Waals surface area contributed by atoms with Crippen molar-refractivity contribution in [1.29, 1.82) is 0 Å². The van der Waals surface area contributed by atoms with Gasteiger partial charge in [-0.1, -0.05) is 30.4 Å². The molecule has 1 heteroatoms. The van der Waals surface area contributed by atoms with Crippen LogP contribution < -0.4 is 0 Å². The second kappa shape index (κ2) is 5.24. The van der Waals surface area contributed by atoms with Gasteiger partial charge in [-0.15, -0.1) is 0 Å². The number of rotatable bonds is 2. The summed E-state index contributed by atoms with van der Waals surface area (Å²) in [5, 5.41) is 0. The maximum absolute atomic E-state index is 10.7. The van der Waals surface area contributed by atoms with Crippen LogP contribution in [0.2, 0.25) is 0 Å². The van der Waals surface area contributed by atoms with E-state index >= 15 is 0 Å². The summed E-state index contributed by atoms with van der Waals surface area (Å²) in [5.74, 6) is 6.05. The molecule has 0 aliphatic rings. The summed E-state index contributed by atoms with van der Waals surface area (Å²) in [6, 6.07) is 5.74. The van der Waals surface area contributed by atoms with Crippen molar-refractivity contribution in [3.05, 3.63) is 34.9 Å². The number of aldehydes is 1. The maximum atomic E-state index is 10.7. The van der Waals surface area contributed by atoms with E-state index in [0.717, 1.165) is 30.3 Å². The fourth-order valence-corrected chi connectivity index (χ4v) is 1.18. The van der Waals surface area contributed by atoms with Crippen LogP contribution in [-0.4, -0.2) is 6.29 Å². The quantitative estimate of drug-likeness (QED) is 0.512. The zero-order valence-electron chi connectivity index (χ0n) is 8.63. The van der Waals surface area contributed by atoms with E-state index in [1.807, 2.05) is 25.1 Å². The Bertz CT molecular complexity index is 380. The highest BCUT2D eigenvalue weighted by Crippen LogP contribution is 2.08. The van der Waals surface area contributed by atoms with Crippen LogP contribution in [0.1, 0.15) is 41.3 Å². The molecule has 1 nitrogen and oxygen atoms in total. The van der Waals surface area contributed by atoms with Gasteiger partial charge in [0.1, 0.15) is 0 Å². The third-order valence-electron chi connectivity index (χ3n) is 1.93. The highest BCUT2D eigenvalue weighted by molar-refractivity contribution is 5.79. The zero-order valence-corrected chi connectivity index (χ0v) is 8.63.